The topological polar surface area (TPSA) is 84.2 Å². The van der Waals surface area contributed by atoms with Crippen molar-refractivity contribution in [2.75, 3.05) is 11.1 Å². The van der Waals surface area contributed by atoms with E-state index >= 15 is 0 Å². The quantitative estimate of drug-likeness (QED) is 0.712. The van der Waals surface area contributed by atoms with E-state index < -0.39 is 0 Å². The van der Waals surface area contributed by atoms with E-state index in [1.54, 1.807) is 12.1 Å². The van der Waals surface area contributed by atoms with Gasteiger partial charge in [-0.05, 0) is 37.1 Å². The smallest absolute Gasteiger partial charge is 0.226 e. The molecule has 5 nitrogen and oxygen atoms in total. The Labute approximate surface area is 154 Å². The molecule has 25 heavy (non-hydrogen) atoms. The Morgan fingerprint density at radius 2 is 1.72 bits per heavy atom. The van der Waals surface area contributed by atoms with Crippen LogP contribution in [0.25, 0.3) is 0 Å². The second-order valence-electron chi connectivity index (χ2n) is 5.99. The van der Waals surface area contributed by atoms with Crippen LogP contribution in [0.4, 0.5) is 11.4 Å². The van der Waals surface area contributed by atoms with Crippen LogP contribution in [0.1, 0.15) is 36.1 Å². The van der Waals surface area contributed by atoms with Gasteiger partial charge in [0.05, 0.1) is 12.5 Å². The molecule has 0 radical (unpaired) electrons. The molecule has 0 saturated heterocycles. The minimum Gasteiger partial charge on any atom is -0.399 e. The molecule has 0 aromatic heterocycles. The summed E-state index contributed by atoms with van der Waals surface area (Å²) in [4.78, 5) is 23.9. The number of anilines is 2. The maximum Gasteiger partial charge on any atom is 0.226 e. The molecule has 0 aliphatic heterocycles. The number of carbonyl (C=O) groups is 2. The Bertz CT molecular complexity index is 745. The Morgan fingerprint density at radius 1 is 1.08 bits per heavy atom. The normalized spacial score (nSPS) is 11.2. The predicted molar refractivity (Wildman–Crippen MR) is 104 cm³/mol. The zero-order valence-electron chi connectivity index (χ0n) is 14.6. The lowest BCUT2D eigenvalue weighted by atomic mass is 10.0. The van der Waals surface area contributed by atoms with Gasteiger partial charge in [0.1, 0.15) is 0 Å². The second kappa shape index (κ2) is 9.08. The first kappa shape index (κ1) is 20.5. The summed E-state index contributed by atoms with van der Waals surface area (Å²) in [5.41, 5.74) is 10.0. The number of hydrogen-bond donors (Lipinski definition) is 3. The van der Waals surface area contributed by atoms with Crippen LogP contribution in [0.2, 0.25) is 0 Å². The summed E-state index contributed by atoms with van der Waals surface area (Å²) < 4.78 is 0. The van der Waals surface area contributed by atoms with Gasteiger partial charge in [0, 0.05) is 18.3 Å². The zero-order chi connectivity index (χ0) is 17.7. The lowest BCUT2D eigenvalue weighted by Crippen LogP contribution is -2.29. The molecule has 0 heterocycles. The molecule has 4 N–H and O–H groups in total. The van der Waals surface area contributed by atoms with Crippen molar-refractivity contribution in [3.8, 4) is 0 Å². The molecule has 0 fully saturated rings. The van der Waals surface area contributed by atoms with Gasteiger partial charge >= 0.3 is 0 Å². The van der Waals surface area contributed by atoms with Gasteiger partial charge in [0.15, 0.2) is 0 Å². The molecule has 2 aromatic carbocycles. The van der Waals surface area contributed by atoms with Gasteiger partial charge in [0.25, 0.3) is 0 Å². The fourth-order valence-corrected chi connectivity index (χ4v) is 2.46. The van der Waals surface area contributed by atoms with Crippen LogP contribution in [-0.4, -0.2) is 11.8 Å². The number of amides is 2. The molecule has 0 aliphatic carbocycles. The van der Waals surface area contributed by atoms with Crippen LogP contribution in [0.15, 0.2) is 42.5 Å². The maximum absolute atomic E-state index is 12.4. The Kier molecular flexibility index (Phi) is 7.45. The van der Waals surface area contributed by atoms with Crippen molar-refractivity contribution in [3.05, 3.63) is 59.2 Å². The summed E-state index contributed by atoms with van der Waals surface area (Å²) in [6.07, 6.45) is 0.150. The SMILES string of the molecule is CC(=O)NC(CC(=O)Nc1cc(N)ccc1C)c1ccc(C)cc1.Cl. The van der Waals surface area contributed by atoms with Crippen molar-refractivity contribution in [1.82, 2.24) is 5.32 Å². The summed E-state index contributed by atoms with van der Waals surface area (Å²) in [5.74, 6) is -0.350. The lowest BCUT2D eigenvalue weighted by Gasteiger charge is -2.19. The van der Waals surface area contributed by atoms with E-state index in [1.807, 2.05) is 44.2 Å². The van der Waals surface area contributed by atoms with Crippen LogP contribution in [0.5, 0.6) is 0 Å². The van der Waals surface area contributed by atoms with Crippen molar-refractivity contribution >= 4 is 35.6 Å². The lowest BCUT2D eigenvalue weighted by molar-refractivity contribution is -0.120. The molecular formula is C19H24ClN3O2. The van der Waals surface area contributed by atoms with Crippen molar-refractivity contribution < 1.29 is 9.59 Å². The highest BCUT2D eigenvalue weighted by Gasteiger charge is 2.17. The third kappa shape index (κ3) is 6.12. The van der Waals surface area contributed by atoms with E-state index in [9.17, 15) is 9.59 Å². The summed E-state index contributed by atoms with van der Waals surface area (Å²) in [6.45, 7) is 5.34. The standard InChI is InChI=1S/C19H23N3O2.ClH/c1-12-4-7-15(8-5-12)18(21-14(3)23)11-19(24)22-17-10-16(20)9-6-13(17)2;/h4-10,18H,11,20H2,1-3H3,(H,21,23)(H,22,24);1H. The minimum absolute atomic E-state index is 0. The minimum atomic E-state index is -0.371. The Hall–Kier alpha value is -2.53. The summed E-state index contributed by atoms with van der Waals surface area (Å²) in [6, 6.07) is 12.8. The molecule has 0 spiro atoms. The maximum atomic E-state index is 12.4. The van der Waals surface area contributed by atoms with Crippen LogP contribution < -0.4 is 16.4 Å². The van der Waals surface area contributed by atoms with Crippen molar-refractivity contribution in [3.63, 3.8) is 0 Å². The van der Waals surface area contributed by atoms with E-state index in [4.69, 9.17) is 5.73 Å². The van der Waals surface area contributed by atoms with Gasteiger partial charge in [-0.2, -0.15) is 0 Å². The number of nitrogen functional groups attached to an aromatic ring is 1. The van der Waals surface area contributed by atoms with E-state index in [2.05, 4.69) is 10.6 Å². The summed E-state index contributed by atoms with van der Waals surface area (Å²) in [5, 5.41) is 5.70. The molecule has 2 rings (SSSR count). The van der Waals surface area contributed by atoms with E-state index in [1.165, 1.54) is 6.92 Å². The summed E-state index contributed by atoms with van der Waals surface area (Å²) >= 11 is 0. The number of hydrogen-bond acceptors (Lipinski definition) is 3. The van der Waals surface area contributed by atoms with Crippen LogP contribution >= 0.6 is 12.4 Å². The van der Waals surface area contributed by atoms with E-state index in [0.717, 1.165) is 16.7 Å². The molecule has 2 amide bonds. The van der Waals surface area contributed by atoms with Crippen LogP contribution in [-0.2, 0) is 9.59 Å². The molecule has 1 atom stereocenters. The first-order chi connectivity index (χ1) is 11.3. The molecule has 6 heteroatoms. The van der Waals surface area contributed by atoms with E-state index in [-0.39, 0.29) is 36.7 Å². The number of benzene rings is 2. The molecule has 0 aliphatic rings. The molecule has 0 saturated carbocycles. The molecule has 0 bridgehead atoms. The van der Waals surface area contributed by atoms with Gasteiger partial charge in [-0.3, -0.25) is 9.59 Å². The molecular weight excluding hydrogens is 338 g/mol. The molecule has 2 aromatic rings. The molecule has 1 unspecified atom stereocenters. The monoisotopic (exact) mass is 361 g/mol. The van der Waals surface area contributed by atoms with Crippen molar-refractivity contribution in [1.29, 1.82) is 0 Å². The number of carbonyl (C=O) groups excluding carboxylic acids is 2. The average molecular weight is 362 g/mol. The Balaban J connectivity index is 0.00000312. The molecule has 134 valence electrons. The third-order valence-corrected chi connectivity index (χ3v) is 3.78. The van der Waals surface area contributed by atoms with Gasteiger partial charge in [-0.15, -0.1) is 12.4 Å². The number of halogens is 1. The average Bonchev–Trinajstić information content (AvgIpc) is 2.50. The van der Waals surface area contributed by atoms with Gasteiger partial charge < -0.3 is 16.4 Å². The second-order valence-corrected chi connectivity index (χ2v) is 5.99. The van der Waals surface area contributed by atoms with Crippen molar-refractivity contribution in [2.45, 2.75) is 33.2 Å². The van der Waals surface area contributed by atoms with Gasteiger partial charge in [-0.25, -0.2) is 0 Å². The first-order valence-corrected chi connectivity index (χ1v) is 7.85. The van der Waals surface area contributed by atoms with Crippen molar-refractivity contribution in [2.24, 2.45) is 0 Å². The summed E-state index contributed by atoms with van der Waals surface area (Å²) in [7, 11) is 0. The fraction of sp³-hybridized carbons (Fsp3) is 0.263. The highest BCUT2D eigenvalue weighted by atomic mass is 35.5. The first-order valence-electron chi connectivity index (χ1n) is 7.85. The van der Waals surface area contributed by atoms with Crippen LogP contribution in [0.3, 0.4) is 0 Å². The largest absolute Gasteiger partial charge is 0.399 e. The number of aryl methyl sites for hydroxylation is 2. The highest BCUT2D eigenvalue weighted by Crippen LogP contribution is 2.21. The number of rotatable bonds is 5. The van der Waals surface area contributed by atoms with Gasteiger partial charge in [0.2, 0.25) is 11.8 Å². The predicted octanol–water partition coefficient (Wildman–Crippen LogP) is 3.51. The van der Waals surface area contributed by atoms with Gasteiger partial charge in [-0.1, -0.05) is 35.9 Å². The van der Waals surface area contributed by atoms with Crippen LogP contribution in [0, 0.1) is 13.8 Å². The third-order valence-electron chi connectivity index (χ3n) is 3.78. The zero-order valence-corrected chi connectivity index (χ0v) is 15.4. The van der Waals surface area contributed by atoms with E-state index in [0.29, 0.717) is 11.4 Å². The Morgan fingerprint density at radius 3 is 2.32 bits per heavy atom. The number of nitrogens with one attached hydrogen (secondary N) is 2. The number of nitrogens with two attached hydrogens (primary N) is 1. The fourth-order valence-electron chi connectivity index (χ4n) is 2.46. The highest BCUT2D eigenvalue weighted by molar-refractivity contribution is 5.92.